The predicted octanol–water partition coefficient (Wildman–Crippen LogP) is 0.117. The minimum Gasteiger partial charge on any atom is -0.347 e. The zero-order chi connectivity index (χ0) is 17.1. The lowest BCUT2D eigenvalue weighted by molar-refractivity contribution is -0.129. The Kier molecular flexibility index (Phi) is 4.82. The maximum absolute atomic E-state index is 12.3. The number of amides is 2. The predicted molar refractivity (Wildman–Crippen MR) is 86.8 cm³/mol. The van der Waals surface area contributed by atoms with Crippen molar-refractivity contribution in [2.75, 3.05) is 6.54 Å². The number of likely N-dealkylation sites (tertiary alicyclic amines) is 1. The van der Waals surface area contributed by atoms with E-state index in [0.29, 0.717) is 6.54 Å². The minimum atomic E-state index is -0.735. The summed E-state index contributed by atoms with van der Waals surface area (Å²) >= 11 is 0. The van der Waals surface area contributed by atoms with Crippen molar-refractivity contribution < 1.29 is 9.59 Å². The van der Waals surface area contributed by atoms with Gasteiger partial charge in [-0.1, -0.05) is 25.7 Å². The third-order valence-electron chi connectivity index (χ3n) is 4.82. The van der Waals surface area contributed by atoms with Crippen molar-refractivity contribution in [3.05, 3.63) is 32.6 Å². The number of hydrogen-bond donors (Lipinski definition) is 3. The van der Waals surface area contributed by atoms with E-state index in [9.17, 15) is 19.2 Å². The van der Waals surface area contributed by atoms with Gasteiger partial charge in [0.25, 0.3) is 11.5 Å². The molecule has 0 radical (unpaired) electrons. The number of H-pyrrole nitrogens is 2. The zero-order valence-corrected chi connectivity index (χ0v) is 13.5. The van der Waals surface area contributed by atoms with Crippen molar-refractivity contribution in [1.29, 1.82) is 0 Å². The van der Waals surface area contributed by atoms with Crippen LogP contribution in [0.2, 0.25) is 0 Å². The maximum Gasteiger partial charge on any atom is 0.325 e. The first-order valence-corrected chi connectivity index (χ1v) is 8.47. The minimum absolute atomic E-state index is 0.0579. The second-order valence-electron chi connectivity index (χ2n) is 6.55. The summed E-state index contributed by atoms with van der Waals surface area (Å²) in [4.78, 5) is 53.3. The van der Waals surface area contributed by atoms with Gasteiger partial charge in [-0.05, 0) is 12.8 Å². The molecule has 3 rings (SSSR count). The third-order valence-corrected chi connectivity index (χ3v) is 4.82. The lowest BCUT2D eigenvalue weighted by atomic mass is 10.1. The highest BCUT2D eigenvalue weighted by atomic mass is 16.2. The first-order chi connectivity index (χ1) is 11.5. The molecule has 0 bridgehead atoms. The third kappa shape index (κ3) is 3.58. The Hall–Kier alpha value is -2.38. The molecule has 1 saturated heterocycles. The maximum atomic E-state index is 12.3. The molecule has 1 aromatic heterocycles. The number of carbonyl (C=O) groups excluding carboxylic acids is 2. The summed E-state index contributed by atoms with van der Waals surface area (Å²) < 4.78 is 0. The van der Waals surface area contributed by atoms with Gasteiger partial charge in [0.15, 0.2) is 0 Å². The summed E-state index contributed by atoms with van der Waals surface area (Å²) in [6.45, 7) is 0.483. The largest absolute Gasteiger partial charge is 0.347 e. The summed E-state index contributed by atoms with van der Waals surface area (Å²) in [6.07, 6.45) is 8.09. The van der Waals surface area contributed by atoms with E-state index < -0.39 is 17.2 Å². The highest BCUT2D eigenvalue weighted by Crippen LogP contribution is 2.25. The van der Waals surface area contributed by atoms with E-state index in [4.69, 9.17) is 0 Å². The van der Waals surface area contributed by atoms with Gasteiger partial charge in [0.2, 0.25) is 5.91 Å². The van der Waals surface area contributed by atoms with Crippen molar-refractivity contribution in [3.63, 3.8) is 0 Å². The second kappa shape index (κ2) is 7.02. The number of nitrogens with zero attached hydrogens (tertiary/aromatic N) is 1. The van der Waals surface area contributed by atoms with Gasteiger partial charge < -0.3 is 15.2 Å². The van der Waals surface area contributed by atoms with Crippen LogP contribution in [0, 0.1) is 0 Å². The summed E-state index contributed by atoms with van der Waals surface area (Å²) in [5, 5.41) is 2.73. The van der Waals surface area contributed by atoms with Crippen molar-refractivity contribution in [3.8, 4) is 0 Å². The van der Waals surface area contributed by atoms with E-state index in [1.54, 1.807) is 0 Å². The van der Waals surface area contributed by atoms with E-state index >= 15 is 0 Å². The van der Waals surface area contributed by atoms with E-state index in [-0.39, 0.29) is 30.0 Å². The van der Waals surface area contributed by atoms with Crippen LogP contribution in [0.1, 0.15) is 55.3 Å². The fourth-order valence-corrected chi connectivity index (χ4v) is 3.59. The quantitative estimate of drug-likeness (QED) is 0.681. The standard InChI is InChI=1S/C16H22N4O4/c21-13-7-10(9-20(13)11-5-3-1-2-4-6-11)18-14(22)12-8-17-16(24)19-15(12)23/h8,10-11H,1-7,9H2,(H,18,22)(H2,17,19,23,24)/t10-/m0/s1. The number of nitrogens with one attached hydrogen (secondary N) is 3. The molecule has 2 amide bonds. The molecular formula is C16H22N4O4. The monoisotopic (exact) mass is 334 g/mol. The van der Waals surface area contributed by atoms with Crippen LogP contribution < -0.4 is 16.6 Å². The van der Waals surface area contributed by atoms with Gasteiger partial charge in [-0.25, -0.2) is 4.79 Å². The average Bonchev–Trinajstić information content (AvgIpc) is 2.74. The van der Waals surface area contributed by atoms with Gasteiger partial charge in [-0.3, -0.25) is 19.4 Å². The molecule has 130 valence electrons. The SMILES string of the molecule is O=C(N[C@H]1CC(=O)N(C2CCCCCC2)C1)c1c[nH]c(=O)[nH]c1=O. The molecule has 1 saturated carbocycles. The summed E-state index contributed by atoms with van der Waals surface area (Å²) in [7, 11) is 0. The molecule has 1 atom stereocenters. The average molecular weight is 334 g/mol. The zero-order valence-electron chi connectivity index (χ0n) is 13.5. The van der Waals surface area contributed by atoms with E-state index in [2.05, 4.69) is 10.3 Å². The number of rotatable bonds is 3. The van der Waals surface area contributed by atoms with Gasteiger partial charge in [-0.15, -0.1) is 0 Å². The van der Waals surface area contributed by atoms with Gasteiger partial charge in [0.1, 0.15) is 5.56 Å². The number of aromatic amines is 2. The highest BCUT2D eigenvalue weighted by molar-refractivity contribution is 5.94. The van der Waals surface area contributed by atoms with Crippen LogP contribution in [-0.2, 0) is 4.79 Å². The Bertz CT molecular complexity index is 730. The number of aromatic nitrogens is 2. The summed E-state index contributed by atoms with van der Waals surface area (Å²) in [5.41, 5.74) is -1.55. The molecule has 1 aliphatic heterocycles. The van der Waals surface area contributed by atoms with Gasteiger partial charge in [0.05, 0.1) is 6.04 Å². The molecule has 3 N–H and O–H groups in total. The molecule has 1 aliphatic carbocycles. The Labute approximate surface area is 138 Å². The first kappa shape index (κ1) is 16.5. The Morgan fingerprint density at radius 1 is 1.12 bits per heavy atom. The van der Waals surface area contributed by atoms with E-state index in [1.807, 2.05) is 9.88 Å². The fraction of sp³-hybridized carbons (Fsp3) is 0.625. The van der Waals surface area contributed by atoms with Crippen molar-refractivity contribution in [2.24, 2.45) is 0 Å². The van der Waals surface area contributed by atoms with Gasteiger partial charge >= 0.3 is 5.69 Å². The molecule has 0 unspecified atom stereocenters. The molecule has 0 aromatic carbocycles. The molecule has 8 heteroatoms. The normalized spacial score (nSPS) is 22.4. The number of hydrogen-bond acceptors (Lipinski definition) is 4. The van der Waals surface area contributed by atoms with Crippen molar-refractivity contribution >= 4 is 11.8 Å². The van der Waals surface area contributed by atoms with Crippen LogP contribution in [-0.4, -0.2) is 45.3 Å². The van der Waals surface area contributed by atoms with Crippen LogP contribution in [0.4, 0.5) is 0 Å². The van der Waals surface area contributed by atoms with E-state index in [1.165, 1.54) is 12.8 Å². The van der Waals surface area contributed by atoms with Crippen molar-refractivity contribution in [1.82, 2.24) is 20.2 Å². The van der Waals surface area contributed by atoms with Crippen molar-refractivity contribution in [2.45, 2.75) is 57.0 Å². The molecule has 1 aromatic rings. The number of carbonyl (C=O) groups is 2. The van der Waals surface area contributed by atoms with Crippen LogP contribution >= 0.6 is 0 Å². The molecule has 2 heterocycles. The lowest BCUT2D eigenvalue weighted by Gasteiger charge is -2.27. The van der Waals surface area contributed by atoms with Crippen LogP contribution in [0.15, 0.2) is 15.8 Å². The Morgan fingerprint density at radius 3 is 2.50 bits per heavy atom. The molecule has 24 heavy (non-hydrogen) atoms. The highest BCUT2D eigenvalue weighted by Gasteiger charge is 2.35. The second-order valence-corrected chi connectivity index (χ2v) is 6.55. The van der Waals surface area contributed by atoms with Crippen LogP contribution in [0.25, 0.3) is 0 Å². The van der Waals surface area contributed by atoms with Crippen LogP contribution in [0.5, 0.6) is 0 Å². The first-order valence-electron chi connectivity index (χ1n) is 8.47. The Morgan fingerprint density at radius 2 is 1.83 bits per heavy atom. The van der Waals surface area contributed by atoms with Crippen LogP contribution in [0.3, 0.4) is 0 Å². The summed E-state index contributed by atoms with van der Waals surface area (Å²) in [5.74, 6) is -0.518. The van der Waals surface area contributed by atoms with E-state index in [0.717, 1.165) is 31.9 Å². The molecule has 8 nitrogen and oxygen atoms in total. The Balaban J connectivity index is 1.64. The van der Waals surface area contributed by atoms with Gasteiger partial charge in [-0.2, -0.15) is 0 Å². The lowest BCUT2D eigenvalue weighted by Crippen LogP contribution is -2.42. The smallest absolute Gasteiger partial charge is 0.325 e. The fourth-order valence-electron chi connectivity index (χ4n) is 3.59. The molecule has 2 aliphatic rings. The summed E-state index contributed by atoms with van der Waals surface area (Å²) in [6, 6.07) is -0.0435. The molecule has 0 spiro atoms. The molecule has 2 fully saturated rings. The molecular weight excluding hydrogens is 312 g/mol. The van der Waals surface area contributed by atoms with Gasteiger partial charge in [0, 0.05) is 25.2 Å². The topological polar surface area (TPSA) is 115 Å².